The molecule has 0 radical (unpaired) electrons. The van der Waals surface area contributed by atoms with Crippen LogP contribution in [0.3, 0.4) is 0 Å². The van der Waals surface area contributed by atoms with Crippen molar-refractivity contribution in [3.8, 4) is 0 Å². The molecule has 0 saturated carbocycles. The largest absolute Gasteiger partial charge is 0.461 e. The highest BCUT2D eigenvalue weighted by Gasteiger charge is 2.19. The van der Waals surface area contributed by atoms with E-state index in [1.807, 2.05) is 31.2 Å². The first kappa shape index (κ1) is 15.1. The molecule has 1 unspecified atom stereocenters. The van der Waals surface area contributed by atoms with E-state index in [-0.39, 0.29) is 11.5 Å². The SMILES string of the molecule is CCS(=O)(=O)CCCC(O)c1c(C)oc2ccccc12. The maximum atomic E-state index is 11.4. The molecule has 0 amide bonds. The Labute approximate surface area is 119 Å². The average molecular weight is 296 g/mol. The molecule has 0 bridgehead atoms. The number of fused-ring (bicyclic) bond motifs is 1. The van der Waals surface area contributed by atoms with Crippen LogP contribution in [0.5, 0.6) is 0 Å². The lowest BCUT2D eigenvalue weighted by Gasteiger charge is -2.10. The first-order valence-electron chi connectivity index (χ1n) is 6.81. The topological polar surface area (TPSA) is 67.5 Å². The Bertz CT molecular complexity index is 685. The molecule has 0 aliphatic carbocycles. The van der Waals surface area contributed by atoms with Crippen LogP contribution >= 0.6 is 0 Å². The molecule has 0 fully saturated rings. The van der Waals surface area contributed by atoms with Gasteiger partial charge in [-0.05, 0) is 25.8 Å². The van der Waals surface area contributed by atoms with Crippen molar-refractivity contribution in [1.82, 2.24) is 0 Å². The van der Waals surface area contributed by atoms with Gasteiger partial charge in [-0.1, -0.05) is 25.1 Å². The van der Waals surface area contributed by atoms with Gasteiger partial charge >= 0.3 is 0 Å². The second-order valence-electron chi connectivity index (χ2n) is 4.96. The highest BCUT2D eigenvalue weighted by atomic mass is 32.2. The van der Waals surface area contributed by atoms with Gasteiger partial charge in [0.25, 0.3) is 0 Å². The number of aryl methyl sites for hydroxylation is 1. The highest BCUT2D eigenvalue weighted by Crippen LogP contribution is 2.32. The predicted molar refractivity (Wildman–Crippen MR) is 79.5 cm³/mol. The van der Waals surface area contributed by atoms with Gasteiger partial charge in [0.1, 0.15) is 21.2 Å². The molecule has 0 spiro atoms. The van der Waals surface area contributed by atoms with Crippen molar-refractivity contribution in [1.29, 1.82) is 0 Å². The zero-order valence-corrected chi connectivity index (χ0v) is 12.6. The molecule has 0 aliphatic heterocycles. The first-order valence-corrected chi connectivity index (χ1v) is 8.63. The zero-order valence-electron chi connectivity index (χ0n) is 11.8. The Morgan fingerprint density at radius 1 is 1.30 bits per heavy atom. The fourth-order valence-corrected chi connectivity index (χ4v) is 3.28. The van der Waals surface area contributed by atoms with E-state index in [0.717, 1.165) is 16.5 Å². The van der Waals surface area contributed by atoms with Gasteiger partial charge in [0.2, 0.25) is 0 Å². The minimum absolute atomic E-state index is 0.120. The number of hydrogen-bond acceptors (Lipinski definition) is 4. The van der Waals surface area contributed by atoms with E-state index >= 15 is 0 Å². The van der Waals surface area contributed by atoms with Crippen LogP contribution in [0.15, 0.2) is 28.7 Å². The molecule has 2 rings (SSSR count). The number of hydrogen-bond donors (Lipinski definition) is 1. The van der Waals surface area contributed by atoms with Gasteiger partial charge in [-0.3, -0.25) is 0 Å². The Morgan fingerprint density at radius 3 is 2.70 bits per heavy atom. The zero-order chi connectivity index (χ0) is 14.8. The number of aliphatic hydroxyl groups is 1. The second kappa shape index (κ2) is 5.97. The Morgan fingerprint density at radius 2 is 2.00 bits per heavy atom. The molecule has 0 aliphatic rings. The molecule has 1 N–H and O–H groups in total. The van der Waals surface area contributed by atoms with E-state index in [9.17, 15) is 13.5 Å². The number of sulfone groups is 1. The van der Waals surface area contributed by atoms with E-state index in [0.29, 0.717) is 18.6 Å². The van der Waals surface area contributed by atoms with Gasteiger partial charge in [0.15, 0.2) is 0 Å². The van der Waals surface area contributed by atoms with Crippen LogP contribution in [0.2, 0.25) is 0 Å². The Balaban J connectivity index is 2.12. The summed E-state index contributed by atoms with van der Waals surface area (Å²) in [6.07, 6.45) is 0.186. The molecule has 1 aromatic heterocycles. The van der Waals surface area contributed by atoms with Crippen molar-refractivity contribution in [3.05, 3.63) is 35.6 Å². The normalized spacial score (nSPS) is 13.8. The molecule has 1 heterocycles. The fraction of sp³-hybridized carbons (Fsp3) is 0.467. The molecule has 5 heteroatoms. The lowest BCUT2D eigenvalue weighted by Crippen LogP contribution is -2.10. The third-order valence-corrected chi connectivity index (χ3v) is 5.32. The summed E-state index contributed by atoms with van der Waals surface area (Å²) in [6.45, 7) is 3.46. The van der Waals surface area contributed by atoms with Gasteiger partial charge < -0.3 is 9.52 Å². The molecule has 1 atom stereocenters. The summed E-state index contributed by atoms with van der Waals surface area (Å²) in [7, 11) is -2.97. The Kier molecular flexibility index (Phi) is 4.50. The summed E-state index contributed by atoms with van der Waals surface area (Å²) >= 11 is 0. The van der Waals surface area contributed by atoms with Crippen molar-refractivity contribution in [2.45, 2.75) is 32.8 Å². The fourth-order valence-electron chi connectivity index (χ4n) is 2.39. The summed E-state index contributed by atoms with van der Waals surface area (Å²) < 4.78 is 28.5. The van der Waals surface area contributed by atoms with Crippen molar-refractivity contribution in [2.24, 2.45) is 0 Å². The Hall–Kier alpha value is -1.33. The number of para-hydroxylation sites is 1. The predicted octanol–water partition coefficient (Wildman–Crippen LogP) is 2.99. The van der Waals surface area contributed by atoms with Crippen molar-refractivity contribution in [2.75, 3.05) is 11.5 Å². The van der Waals surface area contributed by atoms with E-state index < -0.39 is 15.9 Å². The lowest BCUT2D eigenvalue weighted by molar-refractivity contribution is 0.166. The molecular formula is C15H20O4S. The summed E-state index contributed by atoms with van der Waals surface area (Å²) in [6, 6.07) is 7.55. The number of rotatable bonds is 6. The minimum atomic E-state index is -2.97. The van der Waals surface area contributed by atoms with Crippen LogP contribution in [-0.4, -0.2) is 25.0 Å². The van der Waals surface area contributed by atoms with Gasteiger partial charge in [0, 0.05) is 16.7 Å². The van der Waals surface area contributed by atoms with E-state index in [1.54, 1.807) is 6.92 Å². The van der Waals surface area contributed by atoms with E-state index in [2.05, 4.69) is 0 Å². The average Bonchev–Trinajstić information content (AvgIpc) is 2.74. The summed E-state index contributed by atoms with van der Waals surface area (Å²) in [5.74, 6) is 0.962. The summed E-state index contributed by atoms with van der Waals surface area (Å²) in [5.41, 5.74) is 1.52. The van der Waals surface area contributed by atoms with Crippen LogP contribution in [0, 0.1) is 6.92 Å². The number of benzene rings is 1. The van der Waals surface area contributed by atoms with Crippen LogP contribution in [0.4, 0.5) is 0 Å². The molecular weight excluding hydrogens is 276 g/mol. The number of aliphatic hydroxyl groups excluding tert-OH is 1. The first-order chi connectivity index (χ1) is 9.44. The third kappa shape index (κ3) is 3.22. The van der Waals surface area contributed by atoms with Crippen molar-refractivity contribution in [3.63, 3.8) is 0 Å². The second-order valence-corrected chi connectivity index (χ2v) is 7.44. The maximum Gasteiger partial charge on any atom is 0.150 e. The maximum absolute atomic E-state index is 11.4. The smallest absolute Gasteiger partial charge is 0.150 e. The monoisotopic (exact) mass is 296 g/mol. The van der Waals surface area contributed by atoms with Crippen LogP contribution < -0.4 is 0 Å². The quantitative estimate of drug-likeness (QED) is 0.890. The number of furan rings is 1. The third-order valence-electron chi connectivity index (χ3n) is 3.53. The van der Waals surface area contributed by atoms with Gasteiger partial charge in [-0.2, -0.15) is 0 Å². The molecule has 20 heavy (non-hydrogen) atoms. The standard InChI is InChI=1S/C15H20O4S/c1-3-20(17,18)10-6-8-13(16)15-11(2)19-14-9-5-4-7-12(14)15/h4-5,7,9,13,16H,3,6,8,10H2,1-2H3. The molecule has 1 aromatic carbocycles. The van der Waals surface area contributed by atoms with Crippen molar-refractivity contribution >= 4 is 20.8 Å². The minimum Gasteiger partial charge on any atom is -0.461 e. The summed E-state index contributed by atoms with van der Waals surface area (Å²) in [4.78, 5) is 0. The molecule has 2 aromatic rings. The summed E-state index contributed by atoms with van der Waals surface area (Å²) in [5, 5.41) is 11.2. The van der Waals surface area contributed by atoms with Gasteiger partial charge in [-0.25, -0.2) is 8.42 Å². The van der Waals surface area contributed by atoms with E-state index in [4.69, 9.17) is 4.42 Å². The van der Waals surface area contributed by atoms with Crippen LogP contribution in [-0.2, 0) is 9.84 Å². The molecule has 4 nitrogen and oxygen atoms in total. The van der Waals surface area contributed by atoms with Gasteiger partial charge in [0.05, 0.1) is 11.9 Å². The van der Waals surface area contributed by atoms with E-state index in [1.165, 1.54) is 0 Å². The molecule has 0 saturated heterocycles. The highest BCUT2D eigenvalue weighted by molar-refractivity contribution is 7.91. The lowest BCUT2D eigenvalue weighted by atomic mass is 10.0. The van der Waals surface area contributed by atoms with Crippen LogP contribution in [0.25, 0.3) is 11.0 Å². The van der Waals surface area contributed by atoms with Crippen molar-refractivity contribution < 1.29 is 17.9 Å². The van der Waals surface area contributed by atoms with Gasteiger partial charge in [-0.15, -0.1) is 0 Å². The molecule has 110 valence electrons. The van der Waals surface area contributed by atoms with Crippen LogP contribution in [0.1, 0.15) is 37.2 Å².